The molecule has 2 saturated heterocycles. The van der Waals surface area contributed by atoms with Gasteiger partial charge in [-0.25, -0.2) is 4.68 Å². The van der Waals surface area contributed by atoms with Crippen molar-refractivity contribution in [2.75, 3.05) is 38.2 Å². The van der Waals surface area contributed by atoms with Crippen LogP contribution in [0.2, 0.25) is 5.02 Å². The first-order chi connectivity index (χ1) is 13.7. The van der Waals surface area contributed by atoms with Gasteiger partial charge in [0.1, 0.15) is 5.82 Å². The molecular weight excluding hydrogens is 380 g/mol. The molecular formula is C20H25ClN4O3. The molecule has 3 heterocycles. The summed E-state index contributed by atoms with van der Waals surface area (Å²) >= 11 is 6.23. The molecule has 0 spiro atoms. The molecule has 0 aliphatic carbocycles. The lowest BCUT2D eigenvalue weighted by Crippen LogP contribution is -2.42. The minimum absolute atomic E-state index is 0.0345. The molecule has 28 heavy (non-hydrogen) atoms. The third kappa shape index (κ3) is 4.72. The Labute approximate surface area is 169 Å². The normalized spacial score (nSPS) is 19.2. The van der Waals surface area contributed by atoms with E-state index in [0.29, 0.717) is 43.1 Å². The molecule has 2 aromatic rings. The van der Waals surface area contributed by atoms with Gasteiger partial charge in [-0.3, -0.25) is 9.69 Å². The summed E-state index contributed by atoms with van der Waals surface area (Å²) in [7, 11) is 0. The first-order valence-corrected chi connectivity index (χ1v) is 10.1. The van der Waals surface area contributed by atoms with Crippen LogP contribution in [0, 0.1) is 5.92 Å². The van der Waals surface area contributed by atoms with E-state index in [1.165, 1.54) is 0 Å². The van der Waals surface area contributed by atoms with Crippen molar-refractivity contribution in [1.82, 2.24) is 14.7 Å². The van der Waals surface area contributed by atoms with Crippen LogP contribution in [-0.2, 0) is 20.8 Å². The Bertz CT molecular complexity index is 798. The minimum Gasteiger partial charge on any atom is -0.350 e. The van der Waals surface area contributed by atoms with Crippen molar-refractivity contribution >= 4 is 23.3 Å². The molecule has 150 valence electrons. The highest BCUT2D eigenvalue weighted by Crippen LogP contribution is 2.25. The van der Waals surface area contributed by atoms with Crippen LogP contribution in [-0.4, -0.2) is 59.7 Å². The van der Waals surface area contributed by atoms with Crippen molar-refractivity contribution < 1.29 is 14.3 Å². The highest BCUT2D eigenvalue weighted by atomic mass is 35.5. The van der Waals surface area contributed by atoms with E-state index in [2.05, 4.69) is 15.3 Å². The second-order valence-electron chi connectivity index (χ2n) is 7.24. The molecule has 4 rings (SSSR count). The van der Waals surface area contributed by atoms with Crippen LogP contribution in [0.1, 0.15) is 18.4 Å². The van der Waals surface area contributed by atoms with Crippen molar-refractivity contribution in [3.05, 3.63) is 47.1 Å². The third-order valence-corrected chi connectivity index (χ3v) is 5.66. The average Bonchev–Trinajstić information content (AvgIpc) is 3.37. The van der Waals surface area contributed by atoms with Gasteiger partial charge in [-0.05, 0) is 37.6 Å². The monoisotopic (exact) mass is 404 g/mol. The number of carbonyl (C=O) groups excluding carboxylic acids is 1. The number of benzene rings is 1. The number of nitrogens with one attached hydrogen (secondary N) is 1. The molecule has 0 radical (unpaired) electrons. The lowest BCUT2D eigenvalue weighted by atomic mass is 9.96. The lowest BCUT2D eigenvalue weighted by molar-refractivity contribution is -0.119. The fraction of sp³-hybridized carbons (Fsp3) is 0.500. The van der Waals surface area contributed by atoms with E-state index in [4.69, 9.17) is 21.1 Å². The Hall–Kier alpha value is -1.93. The SMILES string of the molecule is O=C(CN1CCC(C2OCCO2)CC1)Nc1ccnn1Cc1ccccc1Cl. The molecule has 2 fully saturated rings. The summed E-state index contributed by atoms with van der Waals surface area (Å²) in [5, 5.41) is 7.97. The fourth-order valence-electron chi connectivity index (χ4n) is 3.77. The smallest absolute Gasteiger partial charge is 0.239 e. The largest absolute Gasteiger partial charge is 0.350 e. The van der Waals surface area contributed by atoms with Crippen LogP contribution >= 0.6 is 11.6 Å². The zero-order valence-electron chi connectivity index (χ0n) is 15.7. The summed E-state index contributed by atoms with van der Waals surface area (Å²) in [4.78, 5) is 14.7. The molecule has 0 atom stereocenters. The van der Waals surface area contributed by atoms with Gasteiger partial charge < -0.3 is 14.8 Å². The van der Waals surface area contributed by atoms with Crippen molar-refractivity contribution in [3.8, 4) is 0 Å². The van der Waals surface area contributed by atoms with E-state index in [-0.39, 0.29) is 12.2 Å². The van der Waals surface area contributed by atoms with E-state index < -0.39 is 0 Å². The number of nitrogens with zero attached hydrogens (tertiary/aromatic N) is 3. The van der Waals surface area contributed by atoms with Crippen LogP contribution in [0.5, 0.6) is 0 Å². The summed E-state index contributed by atoms with van der Waals surface area (Å²) in [6, 6.07) is 9.44. The van der Waals surface area contributed by atoms with Crippen molar-refractivity contribution in [3.63, 3.8) is 0 Å². The maximum Gasteiger partial charge on any atom is 0.239 e. The molecule has 2 aliphatic heterocycles. The number of piperidine rings is 1. The van der Waals surface area contributed by atoms with Crippen molar-refractivity contribution in [2.45, 2.75) is 25.7 Å². The number of rotatable bonds is 6. The number of anilines is 1. The van der Waals surface area contributed by atoms with Crippen molar-refractivity contribution in [1.29, 1.82) is 0 Å². The molecule has 0 unspecified atom stereocenters. The first-order valence-electron chi connectivity index (χ1n) is 9.69. The molecule has 0 saturated carbocycles. The quantitative estimate of drug-likeness (QED) is 0.801. The van der Waals surface area contributed by atoms with Gasteiger partial charge in [0.15, 0.2) is 6.29 Å². The molecule has 7 nitrogen and oxygen atoms in total. The summed E-state index contributed by atoms with van der Waals surface area (Å²) in [5.41, 5.74) is 0.960. The van der Waals surface area contributed by atoms with Crippen LogP contribution in [0.4, 0.5) is 5.82 Å². The zero-order chi connectivity index (χ0) is 19.3. The maximum absolute atomic E-state index is 12.5. The number of hydrogen-bond acceptors (Lipinski definition) is 5. The van der Waals surface area contributed by atoms with E-state index in [0.717, 1.165) is 31.5 Å². The second kappa shape index (κ2) is 9.05. The number of ether oxygens (including phenoxy) is 2. The molecule has 1 amide bonds. The molecule has 8 heteroatoms. The zero-order valence-corrected chi connectivity index (χ0v) is 16.5. The Kier molecular flexibility index (Phi) is 6.26. The number of halogens is 1. The predicted octanol–water partition coefficient (Wildman–Crippen LogP) is 2.61. The highest BCUT2D eigenvalue weighted by Gasteiger charge is 2.30. The number of aromatic nitrogens is 2. The fourth-order valence-corrected chi connectivity index (χ4v) is 3.97. The van der Waals surface area contributed by atoms with Gasteiger partial charge in [0, 0.05) is 17.0 Å². The Morgan fingerprint density at radius 1 is 1.18 bits per heavy atom. The van der Waals surface area contributed by atoms with Crippen LogP contribution in [0.3, 0.4) is 0 Å². The van der Waals surface area contributed by atoms with Gasteiger partial charge in [0.25, 0.3) is 0 Å². The molecule has 1 N–H and O–H groups in total. The second-order valence-corrected chi connectivity index (χ2v) is 7.64. The Morgan fingerprint density at radius 2 is 1.93 bits per heavy atom. The van der Waals surface area contributed by atoms with E-state index >= 15 is 0 Å². The molecule has 1 aromatic carbocycles. The van der Waals surface area contributed by atoms with Crippen LogP contribution < -0.4 is 5.32 Å². The highest BCUT2D eigenvalue weighted by molar-refractivity contribution is 6.31. The standard InChI is InChI=1S/C20H25ClN4O3/c21-17-4-2-1-3-16(17)13-25-18(5-8-22-25)23-19(26)14-24-9-6-15(7-10-24)20-27-11-12-28-20/h1-5,8,15,20H,6-7,9-14H2,(H,23,26). The number of likely N-dealkylation sites (tertiary alicyclic amines) is 1. The van der Waals surface area contributed by atoms with Gasteiger partial charge in [0.2, 0.25) is 5.91 Å². The van der Waals surface area contributed by atoms with Gasteiger partial charge >= 0.3 is 0 Å². The predicted molar refractivity (Wildman–Crippen MR) is 106 cm³/mol. The van der Waals surface area contributed by atoms with Crippen LogP contribution in [0.15, 0.2) is 36.5 Å². The molecule has 2 aliphatic rings. The number of amides is 1. The Morgan fingerprint density at radius 3 is 2.68 bits per heavy atom. The van der Waals surface area contributed by atoms with Gasteiger partial charge in [0.05, 0.1) is 32.5 Å². The molecule has 1 aromatic heterocycles. The molecule has 0 bridgehead atoms. The third-order valence-electron chi connectivity index (χ3n) is 5.29. The average molecular weight is 405 g/mol. The summed E-state index contributed by atoms with van der Waals surface area (Å²) in [6.45, 7) is 4.01. The summed E-state index contributed by atoms with van der Waals surface area (Å²) < 4.78 is 13.0. The van der Waals surface area contributed by atoms with Crippen molar-refractivity contribution in [2.24, 2.45) is 5.92 Å². The lowest BCUT2D eigenvalue weighted by Gasteiger charge is -2.33. The summed E-state index contributed by atoms with van der Waals surface area (Å²) in [5.74, 6) is 1.07. The minimum atomic E-state index is -0.0601. The van der Waals surface area contributed by atoms with E-state index in [1.807, 2.05) is 24.3 Å². The van der Waals surface area contributed by atoms with E-state index in [1.54, 1.807) is 16.9 Å². The number of hydrogen-bond donors (Lipinski definition) is 1. The maximum atomic E-state index is 12.5. The van der Waals surface area contributed by atoms with Gasteiger partial charge in [-0.1, -0.05) is 29.8 Å². The Balaban J connectivity index is 1.28. The van der Waals surface area contributed by atoms with Crippen LogP contribution in [0.25, 0.3) is 0 Å². The topological polar surface area (TPSA) is 68.6 Å². The van der Waals surface area contributed by atoms with E-state index in [9.17, 15) is 4.79 Å². The number of carbonyl (C=O) groups is 1. The summed E-state index contributed by atoms with van der Waals surface area (Å²) in [6.07, 6.45) is 3.60. The first kappa shape index (κ1) is 19.4. The van der Waals surface area contributed by atoms with Gasteiger partial charge in [-0.2, -0.15) is 5.10 Å². The van der Waals surface area contributed by atoms with Gasteiger partial charge in [-0.15, -0.1) is 0 Å².